The van der Waals surface area contributed by atoms with Gasteiger partial charge in [-0.05, 0) is 0 Å². The van der Waals surface area contributed by atoms with Crippen molar-refractivity contribution >= 4 is 40.9 Å². The van der Waals surface area contributed by atoms with Gasteiger partial charge in [-0.15, -0.1) is 0 Å². The van der Waals surface area contributed by atoms with E-state index in [2.05, 4.69) is 76.6 Å². The van der Waals surface area contributed by atoms with E-state index in [9.17, 15) is 0 Å². The van der Waals surface area contributed by atoms with Crippen molar-refractivity contribution in [2.75, 3.05) is 5.33 Å². The zero-order valence-electron chi connectivity index (χ0n) is 12.0. The Bertz CT molecular complexity index is 604. The van der Waals surface area contributed by atoms with Crippen molar-refractivity contribution in [2.24, 2.45) is 5.92 Å². The van der Waals surface area contributed by atoms with Gasteiger partial charge >= 0.3 is 142 Å². The van der Waals surface area contributed by atoms with Crippen molar-refractivity contribution in [3.63, 3.8) is 0 Å². The molecule has 1 unspecified atom stereocenters. The minimum atomic E-state index is 0.601. The first-order valence-electron chi connectivity index (χ1n) is 7.44. The van der Waals surface area contributed by atoms with Crippen molar-refractivity contribution in [2.45, 2.75) is 18.2 Å². The van der Waals surface area contributed by atoms with Gasteiger partial charge in [-0.3, -0.25) is 0 Å². The Hall–Kier alpha value is -0.821. The molecule has 0 aromatic heterocycles. The molecule has 0 saturated carbocycles. The first kappa shape index (κ1) is 15.1. The van der Waals surface area contributed by atoms with Gasteiger partial charge < -0.3 is 0 Å². The van der Waals surface area contributed by atoms with Crippen molar-refractivity contribution in [3.05, 3.63) is 71.8 Å². The van der Waals surface area contributed by atoms with Crippen LogP contribution in [0.5, 0.6) is 0 Å². The molecule has 2 aromatic carbocycles. The van der Waals surface area contributed by atoms with Gasteiger partial charge in [0, 0.05) is 0 Å². The third kappa shape index (κ3) is 3.51. The third-order valence-corrected chi connectivity index (χ3v) is 7.20. The van der Waals surface area contributed by atoms with E-state index in [0.29, 0.717) is 15.0 Å². The molecule has 0 aliphatic carbocycles. The standard InChI is InChI=1S/C19H19BrSe/c20-13-7-12-17-14-21-19(16-10-5-2-6-11-16)18(17)15-8-3-1-4-9-15/h1-6,8-11,17H,7,12-14H2. The molecule has 0 nitrogen and oxygen atoms in total. The van der Waals surface area contributed by atoms with E-state index in [4.69, 9.17) is 0 Å². The van der Waals surface area contributed by atoms with Crippen LogP contribution in [0.25, 0.3) is 10.0 Å². The molecule has 21 heavy (non-hydrogen) atoms. The molecule has 2 heteroatoms. The molecule has 0 amide bonds. The second-order valence-corrected chi connectivity index (χ2v) is 8.27. The summed E-state index contributed by atoms with van der Waals surface area (Å²) >= 11 is 4.18. The predicted octanol–water partition coefficient (Wildman–Crippen LogP) is 5.48. The molecular formula is C19H19BrSe. The van der Waals surface area contributed by atoms with Crippen LogP contribution in [-0.4, -0.2) is 20.3 Å². The number of benzene rings is 2. The maximum atomic E-state index is 3.58. The van der Waals surface area contributed by atoms with E-state index < -0.39 is 0 Å². The summed E-state index contributed by atoms with van der Waals surface area (Å²) in [4.78, 5) is 0. The Labute approximate surface area is 141 Å². The van der Waals surface area contributed by atoms with E-state index in [1.807, 2.05) is 0 Å². The molecule has 0 saturated heterocycles. The molecule has 1 aliphatic heterocycles. The van der Waals surface area contributed by atoms with Gasteiger partial charge in [-0.2, -0.15) is 0 Å². The summed E-state index contributed by atoms with van der Waals surface area (Å²) in [7, 11) is 0. The molecule has 0 spiro atoms. The topological polar surface area (TPSA) is 0 Å². The molecule has 1 heterocycles. The van der Waals surface area contributed by atoms with Gasteiger partial charge in [0.1, 0.15) is 0 Å². The molecule has 3 rings (SSSR count). The predicted molar refractivity (Wildman–Crippen MR) is 96.8 cm³/mol. The molecular weight excluding hydrogens is 387 g/mol. The monoisotopic (exact) mass is 406 g/mol. The summed E-state index contributed by atoms with van der Waals surface area (Å²) in [6.07, 6.45) is 2.56. The summed E-state index contributed by atoms with van der Waals surface area (Å²) < 4.78 is 1.62. The van der Waals surface area contributed by atoms with Crippen molar-refractivity contribution in [1.29, 1.82) is 0 Å². The van der Waals surface area contributed by atoms with Crippen LogP contribution in [0.2, 0.25) is 5.32 Å². The number of allylic oxidation sites excluding steroid dienone is 1. The van der Waals surface area contributed by atoms with Gasteiger partial charge in [0.15, 0.2) is 0 Å². The van der Waals surface area contributed by atoms with Gasteiger partial charge in [0.2, 0.25) is 0 Å². The number of halogens is 1. The molecule has 0 N–H and O–H groups in total. The Morgan fingerprint density at radius 3 is 2.14 bits per heavy atom. The van der Waals surface area contributed by atoms with Gasteiger partial charge in [0.25, 0.3) is 0 Å². The molecule has 0 fully saturated rings. The summed E-state index contributed by atoms with van der Waals surface area (Å²) in [5, 5.41) is 2.47. The Morgan fingerprint density at radius 2 is 1.52 bits per heavy atom. The molecule has 0 radical (unpaired) electrons. The molecule has 2 aromatic rings. The average Bonchev–Trinajstić information content (AvgIpc) is 2.98. The van der Waals surface area contributed by atoms with Crippen molar-refractivity contribution in [3.8, 4) is 0 Å². The van der Waals surface area contributed by atoms with Crippen LogP contribution in [0.4, 0.5) is 0 Å². The number of hydrogen-bond donors (Lipinski definition) is 0. The third-order valence-electron chi connectivity index (χ3n) is 3.89. The van der Waals surface area contributed by atoms with Crippen LogP contribution >= 0.6 is 15.9 Å². The maximum absolute atomic E-state index is 3.58. The van der Waals surface area contributed by atoms with E-state index in [0.717, 1.165) is 11.2 Å². The fourth-order valence-corrected chi connectivity index (χ4v) is 6.25. The van der Waals surface area contributed by atoms with Crippen molar-refractivity contribution < 1.29 is 0 Å². The molecule has 1 atom stereocenters. The van der Waals surface area contributed by atoms with Gasteiger partial charge in [0.05, 0.1) is 0 Å². The Kier molecular flexibility index (Phi) is 5.35. The fourth-order valence-electron chi connectivity index (χ4n) is 2.89. The second-order valence-electron chi connectivity index (χ2n) is 5.31. The summed E-state index contributed by atoms with van der Waals surface area (Å²) in [5.41, 5.74) is 4.47. The fraction of sp³-hybridized carbons (Fsp3) is 0.263. The van der Waals surface area contributed by atoms with Crippen LogP contribution in [0.3, 0.4) is 0 Å². The summed E-state index contributed by atoms with van der Waals surface area (Å²) in [6.45, 7) is 0. The summed E-state index contributed by atoms with van der Waals surface area (Å²) in [6, 6.07) is 22.0. The quantitative estimate of drug-likeness (QED) is 0.456. The molecule has 108 valence electrons. The first-order chi connectivity index (χ1) is 10.4. The SMILES string of the molecule is BrCCCC1C[Se]C(c2ccccc2)=C1c1ccccc1. The average molecular weight is 406 g/mol. The van der Waals surface area contributed by atoms with Gasteiger partial charge in [-0.1, -0.05) is 0 Å². The zero-order valence-corrected chi connectivity index (χ0v) is 15.3. The minimum absolute atomic E-state index is 0.601. The number of alkyl halides is 1. The van der Waals surface area contributed by atoms with Crippen LogP contribution in [0, 0.1) is 5.92 Å². The molecule has 1 aliphatic rings. The zero-order chi connectivity index (χ0) is 14.5. The number of rotatable bonds is 5. The summed E-state index contributed by atoms with van der Waals surface area (Å²) in [5.74, 6) is 0.736. The van der Waals surface area contributed by atoms with Crippen LogP contribution in [0.15, 0.2) is 60.7 Å². The van der Waals surface area contributed by atoms with Gasteiger partial charge in [-0.25, -0.2) is 0 Å². The van der Waals surface area contributed by atoms with E-state index in [1.165, 1.54) is 29.3 Å². The van der Waals surface area contributed by atoms with Crippen LogP contribution in [-0.2, 0) is 0 Å². The van der Waals surface area contributed by atoms with Crippen LogP contribution in [0.1, 0.15) is 24.0 Å². The van der Waals surface area contributed by atoms with E-state index in [1.54, 1.807) is 10.0 Å². The Morgan fingerprint density at radius 1 is 0.905 bits per heavy atom. The van der Waals surface area contributed by atoms with E-state index >= 15 is 0 Å². The Balaban J connectivity index is 2.03. The molecule has 0 bridgehead atoms. The number of hydrogen-bond acceptors (Lipinski definition) is 0. The first-order valence-corrected chi connectivity index (χ1v) is 10.6. The second kappa shape index (κ2) is 7.44. The van der Waals surface area contributed by atoms with Crippen LogP contribution < -0.4 is 0 Å². The normalized spacial score (nSPS) is 18.2. The van der Waals surface area contributed by atoms with Crippen molar-refractivity contribution in [1.82, 2.24) is 0 Å². The van der Waals surface area contributed by atoms with E-state index in [-0.39, 0.29) is 0 Å².